The Hall–Kier alpha value is -1.45. The molecule has 2 nitrogen and oxygen atoms in total. The average molecular weight is 296 g/mol. The van der Waals surface area contributed by atoms with Gasteiger partial charge in [0.25, 0.3) is 0 Å². The van der Waals surface area contributed by atoms with Crippen molar-refractivity contribution in [3.8, 4) is 0 Å². The van der Waals surface area contributed by atoms with E-state index in [1.807, 2.05) is 0 Å². The predicted molar refractivity (Wildman–Crippen MR) is 76.9 cm³/mol. The minimum absolute atomic E-state index is 0.0662. The number of carbonyl (C=O) groups is 1. The van der Waals surface area contributed by atoms with E-state index >= 15 is 0 Å². The van der Waals surface area contributed by atoms with E-state index in [-0.39, 0.29) is 12.0 Å². The van der Waals surface area contributed by atoms with E-state index in [4.69, 9.17) is 0 Å². The largest absolute Gasteiger partial charge is 0.481 e. The van der Waals surface area contributed by atoms with Gasteiger partial charge in [0, 0.05) is 0 Å². The van der Waals surface area contributed by atoms with Crippen molar-refractivity contribution >= 4 is 5.97 Å². The lowest BCUT2D eigenvalue weighted by molar-refractivity contribution is -0.152. The van der Waals surface area contributed by atoms with Gasteiger partial charge < -0.3 is 5.11 Å². The molecule has 0 radical (unpaired) electrons. The lowest BCUT2D eigenvalue weighted by atomic mass is 9.65. The van der Waals surface area contributed by atoms with Crippen LogP contribution in [0.25, 0.3) is 0 Å². The van der Waals surface area contributed by atoms with E-state index in [9.17, 15) is 18.7 Å². The minimum atomic E-state index is -0.958. The number of carboxylic acids is 1. The van der Waals surface area contributed by atoms with E-state index in [1.165, 1.54) is 0 Å². The number of hydrogen-bond donors (Lipinski definition) is 1. The molecule has 1 aromatic carbocycles. The van der Waals surface area contributed by atoms with Crippen molar-refractivity contribution in [2.75, 3.05) is 0 Å². The number of carboxylic acid groups (broad SMARTS) is 1. The Kier molecular flexibility index (Phi) is 4.64. The third-order valence-corrected chi connectivity index (χ3v) is 4.92. The first kappa shape index (κ1) is 15.9. The predicted octanol–water partition coefficient (Wildman–Crippen LogP) is 4.42. The number of rotatable bonds is 4. The van der Waals surface area contributed by atoms with E-state index in [0.29, 0.717) is 24.7 Å². The molecule has 0 atom stereocenters. The van der Waals surface area contributed by atoms with Crippen LogP contribution in [0.4, 0.5) is 8.78 Å². The standard InChI is InChI=1S/C17H22F2O2/c1-11(2)12-5-7-17(8-6-12,16(20)21)10-13-9-14(18)3-4-15(13)19/h3-4,9,11-12H,5-8,10H2,1-2H3,(H,20,21). The van der Waals surface area contributed by atoms with Gasteiger partial charge in [-0.15, -0.1) is 0 Å². The molecule has 21 heavy (non-hydrogen) atoms. The van der Waals surface area contributed by atoms with Crippen LogP contribution in [0.1, 0.15) is 45.1 Å². The van der Waals surface area contributed by atoms with Gasteiger partial charge in [0.1, 0.15) is 11.6 Å². The highest BCUT2D eigenvalue weighted by Gasteiger charge is 2.42. The normalized spacial score (nSPS) is 26.0. The summed E-state index contributed by atoms with van der Waals surface area (Å²) in [7, 11) is 0. The Balaban J connectivity index is 2.21. The van der Waals surface area contributed by atoms with Gasteiger partial charge in [0.05, 0.1) is 5.41 Å². The summed E-state index contributed by atoms with van der Waals surface area (Å²) < 4.78 is 27.1. The van der Waals surface area contributed by atoms with Crippen LogP contribution in [0.2, 0.25) is 0 Å². The Bertz CT molecular complexity index is 518. The summed E-state index contributed by atoms with van der Waals surface area (Å²) in [4.78, 5) is 11.7. The monoisotopic (exact) mass is 296 g/mol. The molecule has 1 aliphatic carbocycles. The molecule has 0 unspecified atom stereocenters. The summed E-state index contributed by atoms with van der Waals surface area (Å²) >= 11 is 0. The third kappa shape index (κ3) is 3.42. The molecule has 1 N–H and O–H groups in total. The van der Waals surface area contributed by atoms with Crippen LogP contribution in [0.3, 0.4) is 0 Å². The molecule has 1 saturated carbocycles. The van der Waals surface area contributed by atoms with Crippen LogP contribution >= 0.6 is 0 Å². The van der Waals surface area contributed by atoms with Crippen LogP contribution in [0.15, 0.2) is 18.2 Å². The van der Waals surface area contributed by atoms with Gasteiger partial charge in [-0.3, -0.25) is 4.79 Å². The molecule has 1 aliphatic rings. The first-order valence-corrected chi connectivity index (χ1v) is 7.51. The van der Waals surface area contributed by atoms with E-state index in [2.05, 4.69) is 13.8 Å². The van der Waals surface area contributed by atoms with Crippen molar-refractivity contribution in [3.63, 3.8) is 0 Å². The van der Waals surface area contributed by atoms with Crippen LogP contribution in [-0.2, 0) is 11.2 Å². The average Bonchev–Trinajstić information content (AvgIpc) is 2.43. The second-order valence-corrected chi connectivity index (χ2v) is 6.58. The Morgan fingerprint density at radius 1 is 1.33 bits per heavy atom. The summed E-state index contributed by atoms with van der Waals surface area (Å²) in [5.41, 5.74) is -0.791. The van der Waals surface area contributed by atoms with E-state index in [0.717, 1.165) is 31.0 Å². The molecule has 0 bridgehead atoms. The number of hydrogen-bond acceptors (Lipinski definition) is 1. The first-order valence-electron chi connectivity index (χ1n) is 7.51. The molecule has 0 aliphatic heterocycles. The molecule has 4 heteroatoms. The highest BCUT2D eigenvalue weighted by atomic mass is 19.1. The van der Waals surface area contributed by atoms with Gasteiger partial charge in [0.15, 0.2) is 0 Å². The molecule has 0 aromatic heterocycles. The zero-order chi connectivity index (χ0) is 15.6. The topological polar surface area (TPSA) is 37.3 Å². The van der Waals surface area contributed by atoms with Gasteiger partial charge in [-0.2, -0.15) is 0 Å². The highest BCUT2D eigenvalue weighted by Crippen LogP contribution is 2.44. The van der Waals surface area contributed by atoms with Crippen LogP contribution < -0.4 is 0 Å². The first-order chi connectivity index (χ1) is 9.84. The molecule has 0 amide bonds. The summed E-state index contributed by atoms with van der Waals surface area (Å²) in [5, 5.41) is 9.62. The fraction of sp³-hybridized carbons (Fsp3) is 0.588. The third-order valence-electron chi connectivity index (χ3n) is 4.92. The van der Waals surface area contributed by atoms with Crippen molar-refractivity contribution < 1.29 is 18.7 Å². The van der Waals surface area contributed by atoms with Crippen LogP contribution in [0, 0.1) is 28.9 Å². The van der Waals surface area contributed by atoms with Crippen molar-refractivity contribution in [1.82, 2.24) is 0 Å². The van der Waals surface area contributed by atoms with Crippen LogP contribution in [0.5, 0.6) is 0 Å². The molecule has 0 heterocycles. The summed E-state index contributed by atoms with van der Waals surface area (Å²) in [6.45, 7) is 4.29. The van der Waals surface area contributed by atoms with Gasteiger partial charge in [-0.05, 0) is 67.7 Å². The lowest BCUT2D eigenvalue weighted by Crippen LogP contribution is -2.38. The van der Waals surface area contributed by atoms with Crippen molar-refractivity contribution in [3.05, 3.63) is 35.4 Å². The second-order valence-electron chi connectivity index (χ2n) is 6.58. The molecule has 1 fully saturated rings. The lowest BCUT2D eigenvalue weighted by Gasteiger charge is -2.38. The van der Waals surface area contributed by atoms with Gasteiger partial charge in [0.2, 0.25) is 0 Å². The van der Waals surface area contributed by atoms with Crippen molar-refractivity contribution in [1.29, 1.82) is 0 Å². The SMILES string of the molecule is CC(C)C1CCC(Cc2cc(F)ccc2F)(C(=O)O)CC1. The quantitative estimate of drug-likeness (QED) is 0.892. The number of aliphatic carboxylic acids is 1. The Morgan fingerprint density at radius 3 is 2.48 bits per heavy atom. The summed E-state index contributed by atoms with van der Waals surface area (Å²) in [6.07, 6.45) is 2.79. The van der Waals surface area contributed by atoms with Crippen molar-refractivity contribution in [2.24, 2.45) is 17.3 Å². The Morgan fingerprint density at radius 2 is 1.95 bits per heavy atom. The zero-order valence-electron chi connectivity index (χ0n) is 12.5. The smallest absolute Gasteiger partial charge is 0.309 e. The minimum Gasteiger partial charge on any atom is -0.481 e. The van der Waals surface area contributed by atoms with Gasteiger partial charge in [-0.1, -0.05) is 13.8 Å². The second kappa shape index (κ2) is 6.12. The maximum absolute atomic E-state index is 13.8. The summed E-state index contributed by atoms with van der Waals surface area (Å²) in [5.74, 6) is -0.892. The van der Waals surface area contributed by atoms with Crippen LogP contribution in [-0.4, -0.2) is 11.1 Å². The maximum Gasteiger partial charge on any atom is 0.309 e. The summed E-state index contributed by atoms with van der Waals surface area (Å²) in [6, 6.07) is 3.25. The number of benzene rings is 1. The zero-order valence-corrected chi connectivity index (χ0v) is 12.5. The van der Waals surface area contributed by atoms with Gasteiger partial charge >= 0.3 is 5.97 Å². The molecule has 1 aromatic rings. The van der Waals surface area contributed by atoms with Gasteiger partial charge in [-0.25, -0.2) is 8.78 Å². The number of halogens is 2. The molecule has 0 spiro atoms. The molecule has 0 saturated heterocycles. The maximum atomic E-state index is 13.8. The molecule has 2 rings (SSSR count). The molecular weight excluding hydrogens is 274 g/mol. The molecule has 116 valence electrons. The van der Waals surface area contributed by atoms with Crippen molar-refractivity contribution in [2.45, 2.75) is 46.0 Å². The molecular formula is C17H22F2O2. The highest BCUT2D eigenvalue weighted by molar-refractivity contribution is 5.75. The fourth-order valence-electron chi connectivity index (χ4n) is 3.37. The fourth-order valence-corrected chi connectivity index (χ4v) is 3.37. The Labute approximate surface area is 124 Å². The van der Waals surface area contributed by atoms with E-state index < -0.39 is 23.0 Å². The van der Waals surface area contributed by atoms with E-state index in [1.54, 1.807) is 0 Å².